The number of aromatic hydroxyl groups is 1. The van der Waals surface area contributed by atoms with Gasteiger partial charge in [-0.2, -0.15) is 0 Å². The van der Waals surface area contributed by atoms with Crippen molar-refractivity contribution < 1.29 is 88.1 Å². The number of β-amino-alcohol motifs (C(OH)–C–C–N with tert-alkyl or cyclic N) is 1. The Morgan fingerprint density at radius 1 is 0.763 bits per heavy atom. The Morgan fingerprint density at radius 3 is 2.04 bits per heavy atom. The molecule has 5 aliphatic rings. The van der Waals surface area contributed by atoms with Crippen LogP contribution < -0.4 is 35.7 Å². The lowest BCUT2D eigenvalue weighted by Crippen LogP contribution is -2.64. The van der Waals surface area contributed by atoms with Crippen molar-refractivity contribution in [1.29, 1.82) is 0 Å². The summed E-state index contributed by atoms with van der Waals surface area (Å²) in [5.41, 5.74) is 2.76. The SMILES string of the molecule is [C-]#[N+]C[C@@H](O)[C@@H]1NC(=O)[C@H]([C@H](O)Cc2ccc(O)c(OSOOO)c2)NC(=O)[C@@H]2C[C@H](O)CN2C(=O)[C@H]([C@H](C)O)NC(=O)[C@@H](NC(=O)c2ccc(-c3nnc(-c4ccc(N5CCN(C6CCC(C)CC6)CC5)cc4)s3)cc2)C[C@H](O)CNC(=O)[C@@H]2[C@@H](O)[C@H](C)CN2C1=O. The zero-order chi connectivity index (χ0) is 66.8. The van der Waals surface area contributed by atoms with Crippen molar-refractivity contribution in [1.82, 2.24) is 51.5 Å². The standard InChI is InChI=1S/C61H78N12O18S2/c1-31-5-14-38(15-6-31)70-19-21-71(22-20-70)39-16-12-37(13-17-39)59-69-68-58(92-59)36-10-8-35(9-11-36)53(81)64-42-25-40(75)27-63-57(85)51-52(80)32(2)29-73(51)61(87)50(46(79)28-62-4)67-56(84)49(45(78)23-34-7-18-44(77)47(24-34)89-93-91-90-88)66-55(83)43-26-41(76)30-72(43)60(86)48(33(3)74)65-54(42)82/h7-13,16-18,24,31-33,38,40-43,45-46,48-52,74-80,88H,5-6,14-15,19-23,25-30H2,1-3H3,(H,63,85)(H,64,81)(H,65,82)(H,66,83)(H,67,84)/t31?,32-,33+,38?,40+,41+,42+,43+,45-,46-,48+,49+,50+,51+,52+/m1/s1. The molecular weight excluding hydrogens is 1250 g/mol. The molecule has 3 aromatic carbocycles. The molecular formula is C61H78N12O18S2. The number of amides is 7. The minimum atomic E-state index is -2.15. The molecule has 13 atom stereocenters. The quantitative estimate of drug-likeness (QED) is 0.0221. The van der Waals surface area contributed by atoms with Crippen LogP contribution in [-0.2, 0) is 44.6 Å². The highest BCUT2D eigenvalue weighted by molar-refractivity contribution is 7.90. The number of phenols is 1. The predicted octanol–water partition coefficient (Wildman–Crippen LogP) is -0.491. The van der Waals surface area contributed by atoms with Gasteiger partial charge in [0.1, 0.15) is 46.3 Å². The molecule has 1 saturated carbocycles. The Balaban J connectivity index is 0.950. The number of carbonyl (C=O) groups is 7. The van der Waals surface area contributed by atoms with Crippen molar-refractivity contribution in [3.63, 3.8) is 0 Å². The summed E-state index contributed by atoms with van der Waals surface area (Å²) < 4.78 is 9.33. The Labute approximate surface area is 543 Å². The van der Waals surface area contributed by atoms with Crippen LogP contribution in [0.15, 0.2) is 66.7 Å². The number of aliphatic hydroxyl groups is 6. The molecule has 93 heavy (non-hydrogen) atoms. The summed E-state index contributed by atoms with van der Waals surface area (Å²) in [4.78, 5) is 111. The van der Waals surface area contributed by atoms with Crippen molar-refractivity contribution in [3.05, 3.63) is 89.3 Å². The van der Waals surface area contributed by atoms with Crippen LogP contribution in [0.2, 0.25) is 0 Å². The number of benzene rings is 3. The molecule has 32 heteroatoms. The van der Waals surface area contributed by atoms with Gasteiger partial charge in [0.15, 0.2) is 17.6 Å². The molecule has 30 nitrogen and oxygen atoms in total. The number of phenolic OH excluding ortho intramolecular Hbond substituents is 1. The molecule has 7 amide bonds. The van der Waals surface area contributed by atoms with E-state index < -0.39 is 165 Å². The number of aromatic nitrogens is 2. The van der Waals surface area contributed by atoms with Crippen LogP contribution in [0, 0.1) is 18.4 Å². The lowest BCUT2D eigenvalue weighted by atomic mass is 9.86. The van der Waals surface area contributed by atoms with Gasteiger partial charge in [-0.05, 0) is 92.6 Å². The third-order valence-electron chi connectivity index (χ3n) is 17.8. The van der Waals surface area contributed by atoms with E-state index >= 15 is 0 Å². The van der Waals surface area contributed by atoms with E-state index in [4.69, 9.17) is 16.0 Å². The topological polar surface area (TPSA) is 412 Å². The van der Waals surface area contributed by atoms with E-state index in [0.717, 1.165) is 72.2 Å². The van der Waals surface area contributed by atoms with Gasteiger partial charge >= 0.3 is 0 Å². The summed E-state index contributed by atoms with van der Waals surface area (Å²) in [5, 5.41) is 113. The van der Waals surface area contributed by atoms with E-state index in [1.54, 1.807) is 12.1 Å². The predicted molar refractivity (Wildman–Crippen MR) is 333 cm³/mol. The van der Waals surface area contributed by atoms with E-state index in [1.165, 1.54) is 62.1 Å². The molecule has 9 rings (SSSR count). The van der Waals surface area contributed by atoms with E-state index in [1.807, 2.05) is 12.1 Å². The van der Waals surface area contributed by atoms with Gasteiger partial charge in [0.05, 0.1) is 30.5 Å². The first-order valence-electron chi connectivity index (χ1n) is 30.7. The number of rotatable bonds is 16. The second kappa shape index (κ2) is 31.5. The van der Waals surface area contributed by atoms with E-state index in [0.29, 0.717) is 21.6 Å². The van der Waals surface area contributed by atoms with Gasteiger partial charge in [0.2, 0.25) is 42.0 Å². The fourth-order valence-corrected chi connectivity index (χ4v) is 13.6. The number of piperazine rings is 1. The van der Waals surface area contributed by atoms with Crippen LogP contribution in [0.3, 0.4) is 0 Å². The molecule has 1 aromatic heterocycles. The minimum absolute atomic E-state index is 0.0281. The summed E-state index contributed by atoms with van der Waals surface area (Å²) in [5.74, 6) is -8.78. The van der Waals surface area contributed by atoms with Gasteiger partial charge < -0.3 is 86.1 Å². The number of nitrogens with one attached hydrogen (secondary N) is 5. The maximum absolute atomic E-state index is 14.7. The normalized spacial score (nSPS) is 28.3. The van der Waals surface area contributed by atoms with Gasteiger partial charge in [0.25, 0.3) is 18.2 Å². The monoisotopic (exact) mass is 1330 g/mol. The number of carbonyl (C=O) groups excluding carboxylic acids is 7. The largest absolute Gasteiger partial charge is 0.504 e. The molecule has 1 aliphatic carbocycles. The highest BCUT2D eigenvalue weighted by Crippen LogP contribution is 2.35. The molecule has 4 saturated heterocycles. The molecule has 0 radical (unpaired) electrons. The lowest BCUT2D eigenvalue weighted by molar-refractivity contribution is -0.433. The maximum Gasteiger partial charge on any atom is 0.261 e. The van der Waals surface area contributed by atoms with Crippen molar-refractivity contribution in [2.45, 2.75) is 145 Å². The number of hydrogen-bond acceptors (Lipinski definition) is 24. The molecule has 4 aliphatic heterocycles. The first-order valence-corrected chi connectivity index (χ1v) is 32.2. The number of hydrogen-bond donors (Lipinski definition) is 13. The molecule has 4 aromatic rings. The van der Waals surface area contributed by atoms with Crippen LogP contribution in [0.4, 0.5) is 5.69 Å². The van der Waals surface area contributed by atoms with Gasteiger partial charge in [-0.25, -0.2) is 11.8 Å². The molecule has 13 N–H and O–H groups in total. The third kappa shape index (κ3) is 17.0. The van der Waals surface area contributed by atoms with Crippen molar-refractivity contribution in [3.8, 4) is 32.6 Å². The second-order valence-corrected chi connectivity index (χ2v) is 25.8. The highest BCUT2D eigenvalue weighted by atomic mass is 32.2. The van der Waals surface area contributed by atoms with Crippen LogP contribution in [-0.4, -0.2) is 239 Å². The highest BCUT2D eigenvalue weighted by Gasteiger charge is 2.50. The minimum Gasteiger partial charge on any atom is -0.504 e. The van der Waals surface area contributed by atoms with Crippen molar-refractivity contribution in [2.75, 3.05) is 57.3 Å². The smallest absolute Gasteiger partial charge is 0.261 e. The van der Waals surface area contributed by atoms with E-state index in [-0.39, 0.29) is 35.7 Å². The third-order valence-corrected chi connectivity index (χ3v) is 19.2. The Hall–Kier alpha value is -7.65. The zero-order valence-corrected chi connectivity index (χ0v) is 52.9. The number of nitrogens with zero attached hydrogens (tertiary/aromatic N) is 7. The summed E-state index contributed by atoms with van der Waals surface area (Å²) in [6, 6.07) is 7.22. The first-order chi connectivity index (χ1) is 44.5. The van der Waals surface area contributed by atoms with Crippen LogP contribution in [0.25, 0.3) is 26.0 Å². The van der Waals surface area contributed by atoms with Crippen molar-refractivity contribution in [2.24, 2.45) is 11.8 Å². The summed E-state index contributed by atoms with van der Waals surface area (Å²) in [7, 11) is 0. The summed E-state index contributed by atoms with van der Waals surface area (Å²) in [6.07, 6.45) is -7.16. The average molecular weight is 1330 g/mol. The molecule has 5 fully saturated rings. The summed E-state index contributed by atoms with van der Waals surface area (Å²) >= 11 is 1.41. The second-order valence-electron chi connectivity index (χ2n) is 24.4. The molecule has 0 unspecified atom stereocenters. The number of aliphatic hydroxyl groups excluding tert-OH is 6. The van der Waals surface area contributed by atoms with Crippen LogP contribution >= 0.6 is 23.7 Å². The van der Waals surface area contributed by atoms with Gasteiger partial charge in [-0.1, -0.05) is 52.8 Å². The maximum atomic E-state index is 14.7. The number of fused-ring (bicyclic) bond motifs is 2. The molecule has 0 bridgehead atoms. The van der Waals surface area contributed by atoms with Gasteiger partial charge in [-0.3, -0.25) is 38.5 Å². The van der Waals surface area contributed by atoms with E-state index in [2.05, 4.69) is 79.9 Å². The summed E-state index contributed by atoms with van der Waals surface area (Å²) in [6.45, 7) is 14.0. The fraction of sp³-hybridized carbons (Fsp3) is 0.541. The Morgan fingerprint density at radius 2 is 1.40 bits per heavy atom. The molecule has 502 valence electrons. The Bertz CT molecular complexity index is 3330. The molecule has 0 spiro atoms. The van der Waals surface area contributed by atoms with Crippen molar-refractivity contribution >= 4 is 70.7 Å². The number of anilines is 1. The average Bonchev–Trinajstić information content (AvgIpc) is 1.71. The van der Waals surface area contributed by atoms with Gasteiger partial charge in [0, 0.05) is 99.4 Å². The first kappa shape index (κ1) is 69.7. The van der Waals surface area contributed by atoms with Gasteiger partial charge in [-0.15, -0.1) is 10.2 Å². The molecule has 5 heterocycles. The Kier molecular flexibility index (Phi) is 23.6. The lowest BCUT2D eigenvalue weighted by Gasteiger charge is -2.42. The van der Waals surface area contributed by atoms with Crippen LogP contribution in [0.1, 0.15) is 75.2 Å². The zero-order valence-electron chi connectivity index (χ0n) is 51.2. The van der Waals surface area contributed by atoms with E-state index in [9.17, 15) is 69.3 Å². The van der Waals surface area contributed by atoms with Crippen LogP contribution in [0.5, 0.6) is 11.5 Å². The fourth-order valence-electron chi connectivity index (χ4n) is 12.5.